The number of amides is 1. The maximum absolute atomic E-state index is 12.1. The lowest BCUT2D eigenvalue weighted by molar-refractivity contribution is 0.0838. The van der Waals surface area contributed by atoms with Crippen molar-refractivity contribution in [2.75, 3.05) is 13.1 Å². The predicted molar refractivity (Wildman–Crippen MR) is 80.8 cm³/mol. The topological polar surface area (TPSA) is 72.6 Å². The van der Waals surface area contributed by atoms with Crippen molar-refractivity contribution in [3.8, 4) is 0 Å². The van der Waals surface area contributed by atoms with Crippen molar-refractivity contribution in [2.45, 2.75) is 25.4 Å². The summed E-state index contributed by atoms with van der Waals surface area (Å²) in [6.07, 6.45) is 1.35. The average Bonchev–Trinajstić information content (AvgIpc) is 3.00. The van der Waals surface area contributed by atoms with E-state index in [2.05, 4.69) is 4.37 Å². The second-order valence-electron chi connectivity index (χ2n) is 5.20. The van der Waals surface area contributed by atoms with Crippen LogP contribution in [0.2, 0.25) is 0 Å². The lowest BCUT2D eigenvalue weighted by atomic mass is 9.98. The van der Waals surface area contributed by atoms with Gasteiger partial charge >= 0.3 is 11.0 Å². The molecule has 0 saturated carbocycles. The summed E-state index contributed by atoms with van der Waals surface area (Å²) in [5, 5.41) is 0. The van der Waals surface area contributed by atoms with E-state index in [1.165, 1.54) is 0 Å². The zero-order valence-corrected chi connectivity index (χ0v) is 12.8. The van der Waals surface area contributed by atoms with Gasteiger partial charge in [-0.15, -0.1) is 0 Å². The van der Waals surface area contributed by atoms with Crippen LogP contribution >= 0.6 is 11.5 Å². The molecule has 0 bridgehead atoms. The van der Waals surface area contributed by atoms with Crippen LogP contribution in [0.5, 0.6) is 0 Å². The molecule has 1 aliphatic rings. The number of likely N-dealkylation sites (tertiary alicyclic amines) is 1. The van der Waals surface area contributed by atoms with Crippen LogP contribution in [0.3, 0.4) is 0 Å². The Labute approximate surface area is 131 Å². The molecule has 6 nitrogen and oxygen atoms in total. The molecule has 0 spiro atoms. The first-order valence-electron chi connectivity index (χ1n) is 7.15. The van der Waals surface area contributed by atoms with E-state index in [1.54, 1.807) is 4.90 Å². The lowest BCUT2D eigenvalue weighted by Gasteiger charge is -2.30. The fraction of sp³-hybridized carbons (Fsp3) is 0.400. The van der Waals surface area contributed by atoms with Crippen LogP contribution in [0, 0.1) is 0 Å². The minimum Gasteiger partial charge on any atom is -0.445 e. The fourth-order valence-corrected chi connectivity index (χ4v) is 2.99. The monoisotopic (exact) mass is 320 g/mol. The molecule has 7 heteroatoms. The highest BCUT2D eigenvalue weighted by Crippen LogP contribution is 2.25. The Morgan fingerprint density at radius 1 is 1.41 bits per heavy atom. The van der Waals surface area contributed by atoms with Crippen molar-refractivity contribution in [1.29, 1.82) is 0 Å². The maximum atomic E-state index is 12.1. The van der Waals surface area contributed by atoms with Gasteiger partial charge in [0.2, 0.25) is 5.89 Å². The lowest BCUT2D eigenvalue weighted by Crippen LogP contribution is -2.39. The molecular weight excluding hydrogens is 304 g/mol. The highest BCUT2D eigenvalue weighted by Gasteiger charge is 2.28. The van der Waals surface area contributed by atoms with E-state index in [9.17, 15) is 9.59 Å². The SMILES string of the molecule is O=C(OCc1ccccc1)N1CCCC(c2nsc(=O)o2)C1. The summed E-state index contributed by atoms with van der Waals surface area (Å²) < 4.78 is 14.4. The zero-order valence-electron chi connectivity index (χ0n) is 11.9. The van der Waals surface area contributed by atoms with Crippen molar-refractivity contribution in [1.82, 2.24) is 9.27 Å². The van der Waals surface area contributed by atoms with E-state index in [-0.39, 0.29) is 18.6 Å². The standard InChI is InChI=1S/C15H16N2O4S/c18-14(20-10-11-5-2-1-3-6-11)17-8-4-7-12(9-17)13-16-22-15(19)21-13/h1-3,5-6,12H,4,7-10H2. The molecule has 22 heavy (non-hydrogen) atoms. The smallest absolute Gasteiger partial charge is 0.414 e. The highest BCUT2D eigenvalue weighted by atomic mass is 32.1. The molecule has 116 valence electrons. The van der Waals surface area contributed by atoms with E-state index in [0.29, 0.717) is 19.0 Å². The number of nitrogens with zero attached hydrogens (tertiary/aromatic N) is 2. The Morgan fingerprint density at radius 3 is 2.95 bits per heavy atom. The first-order chi connectivity index (χ1) is 10.7. The van der Waals surface area contributed by atoms with Gasteiger partial charge in [-0.25, -0.2) is 9.59 Å². The van der Waals surface area contributed by atoms with Gasteiger partial charge in [0.05, 0.1) is 5.92 Å². The van der Waals surface area contributed by atoms with Gasteiger partial charge in [-0.05, 0) is 18.4 Å². The summed E-state index contributed by atoms with van der Waals surface area (Å²) in [6, 6.07) is 9.56. The molecule has 1 aromatic carbocycles. The van der Waals surface area contributed by atoms with Gasteiger partial charge in [-0.3, -0.25) is 0 Å². The first-order valence-corrected chi connectivity index (χ1v) is 7.92. The summed E-state index contributed by atoms with van der Waals surface area (Å²) in [4.78, 5) is 24.5. The van der Waals surface area contributed by atoms with Gasteiger partial charge in [0.15, 0.2) is 0 Å². The average molecular weight is 320 g/mol. The van der Waals surface area contributed by atoms with E-state index >= 15 is 0 Å². The molecule has 1 aromatic heterocycles. The summed E-state index contributed by atoms with van der Waals surface area (Å²) in [6.45, 7) is 1.38. The van der Waals surface area contributed by atoms with Crippen molar-refractivity contribution < 1.29 is 13.9 Å². The summed E-state index contributed by atoms with van der Waals surface area (Å²) in [7, 11) is 0. The largest absolute Gasteiger partial charge is 0.445 e. The molecule has 0 radical (unpaired) electrons. The third kappa shape index (κ3) is 3.54. The number of hydrogen-bond acceptors (Lipinski definition) is 6. The Balaban J connectivity index is 1.57. The molecule has 1 fully saturated rings. The fourth-order valence-electron chi connectivity index (χ4n) is 2.52. The zero-order chi connectivity index (χ0) is 15.4. The predicted octanol–water partition coefficient (Wildman–Crippen LogP) is 2.61. The van der Waals surface area contributed by atoms with Crippen LogP contribution in [-0.2, 0) is 11.3 Å². The number of rotatable bonds is 3. The molecule has 0 N–H and O–H groups in total. The number of ether oxygens (including phenoxy) is 1. The molecule has 2 aromatic rings. The van der Waals surface area contributed by atoms with E-state index in [1.807, 2.05) is 30.3 Å². The molecule has 1 atom stereocenters. The number of hydrogen-bond donors (Lipinski definition) is 0. The van der Waals surface area contributed by atoms with E-state index < -0.39 is 4.94 Å². The second-order valence-corrected chi connectivity index (χ2v) is 5.90. The minimum absolute atomic E-state index is 0.0306. The van der Waals surface area contributed by atoms with Crippen molar-refractivity contribution in [2.24, 2.45) is 0 Å². The Hall–Kier alpha value is -2.15. The van der Waals surface area contributed by atoms with Gasteiger partial charge in [-0.1, -0.05) is 30.3 Å². The van der Waals surface area contributed by atoms with Crippen LogP contribution in [0.4, 0.5) is 4.79 Å². The van der Waals surface area contributed by atoms with Crippen molar-refractivity contribution in [3.63, 3.8) is 0 Å². The van der Waals surface area contributed by atoms with Crippen molar-refractivity contribution >= 4 is 17.6 Å². The molecule has 1 amide bonds. The Kier molecular flexibility index (Phi) is 4.53. The Bertz CT molecular complexity index is 682. The number of carbonyl (C=O) groups excluding carboxylic acids is 1. The second kappa shape index (κ2) is 6.74. The maximum Gasteiger partial charge on any atom is 0.414 e. The molecular formula is C15H16N2O4S. The van der Waals surface area contributed by atoms with Gasteiger partial charge in [0, 0.05) is 24.6 Å². The summed E-state index contributed by atoms with van der Waals surface area (Å²) >= 11 is 0.808. The minimum atomic E-state index is -0.404. The van der Waals surface area contributed by atoms with Gasteiger partial charge in [0.1, 0.15) is 6.61 Å². The van der Waals surface area contributed by atoms with Gasteiger partial charge < -0.3 is 14.1 Å². The van der Waals surface area contributed by atoms with Gasteiger partial charge in [-0.2, -0.15) is 4.37 Å². The van der Waals surface area contributed by atoms with Crippen LogP contribution in [0.15, 0.2) is 39.5 Å². The number of aromatic nitrogens is 1. The first kappa shape index (κ1) is 14.8. The molecule has 1 unspecified atom stereocenters. The van der Waals surface area contributed by atoms with E-state index in [0.717, 1.165) is 29.9 Å². The van der Waals surface area contributed by atoms with Crippen LogP contribution in [0.25, 0.3) is 0 Å². The number of benzene rings is 1. The molecule has 0 aliphatic carbocycles. The van der Waals surface area contributed by atoms with Crippen LogP contribution < -0.4 is 4.94 Å². The molecule has 3 rings (SSSR count). The molecule has 2 heterocycles. The van der Waals surface area contributed by atoms with Crippen LogP contribution in [0.1, 0.15) is 30.2 Å². The third-order valence-electron chi connectivity index (χ3n) is 3.63. The molecule has 1 saturated heterocycles. The van der Waals surface area contributed by atoms with E-state index in [4.69, 9.17) is 9.15 Å². The number of piperidine rings is 1. The Morgan fingerprint density at radius 2 is 2.23 bits per heavy atom. The van der Waals surface area contributed by atoms with Crippen LogP contribution in [-0.4, -0.2) is 28.5 Å². The van der Waals surface area contributed by atoms with Crippen molar-refractivity contribution in [3.05, 3.63) is 51.5 Å². The molecule has 1 aliphatic heterocycles. The van der Waals surface area contributed by atoms with Gasteiger partial charge in [0.25, 0.3) is 0 Å². The number of carbonyl (C=O) groups is 1. The quantitative estimate of drug-likeness (QED) is 0.869. The highest BCUT2D eigenvalue weighted by molar-refractivity contribution is 7.02. The summed E-state index contributed by atoms with van der Waals surface area (Å²) in [5.41, 5.74) is 0.954. The normalized spacial score (nSPS) is 18.2. The third-order valence-corrected chi connectivity index (χ3v) is 4.14. The summed E-state index contributed by atoms with van der Waals surface area (Å²) in [5.74, 6) is 0.396.